The third-order valence-electron chi connectivity index (χ3n) is 3.50. The van der Waals surface area contributed by atoms with Gasteiger partial charge >= 0.3 is 0 Å². The first-order valence-corrected chi connectivity index (χ1v) is 11.1. The van der Waals surface area contributed by atoms with Gasteiger partial charge in [0.05, 0.1) is 12.0 Å². The molecule has 0 amide bonds. The summed E-state index contributed by atoms with van der Waals surface area (Å²) in [5, 5.41) is 1.39. The van der Waals surface area contributed by atoms with E-state index in [1.54, 1.807) is 0 Å². The van der Waals surface area contributed by atoms with Crippen molar-refractivity contribution in [2.75, 3.05) is 6.61 Å². The molecule has 0 aliphatic heterocycles. The molecule has 2 aromatic rings. The molecule has 0 spiro atoms. The van der Waals surface area contributed by atoms with Gasteiger partial charge in [0.2, 0.25) is 5.28 Å². The lowest BCUT2D eigenvalue weighted by Gasteiger charge is -2.22. The van der Waals surface area contributed by atoms with Crippen molar-refractivity contribution in [1.82, 2.24) is 14.5 Å². The van der Waals surface area contributed by atoms with Gasteiger partial charge in [0.25, 0.3) is 0 Å². The smallest absolute Gasteiger partial charge is 0.225 e. The third-order valence-corrected chi connectivity index (χ3v) is 6.50. The first-order chi connectivity index (χ1) is 9.93. The van der Waals surface area contributed by atoms with Crippen LogP contribution in [-0.2, 0) is 11.0 Å². The second-order valence-corrected chi connectivity index (χ2v) is 10.7. The van der Waals surface area contributed by atoms with Crippen molar-refractivity contribution >= 4 is 42.6 Å². The Morgan fingerprint density at radius 2 is 2.05 bits per heavy atom. The molecule has 21 heavy (non-hydrogen) atoms. The SMILES string of the molecule is CCCC[Si](C)(C)OCCn1ccc2c(Cl)nc(Cl)nc21. The number of rotatable bonds is 7. The molecule has 0 aliphatic rings. The summed E-state index contributed by atoms with van der Waals surface area (Å²) < 4.78 is 8.14. The third kappa shape index (κ3) is 4.42. The second kappa shape index (κ2) is 7.09. The molecule has 0 N–H and O–H groups in total. The molecule has 0 bridgehead atoms. The fraction of sp³-hybridized carbons (Fsp3) is 0.571. The van der Waals surface area contributed by atoms with Gasteiger partial charge in [0.15, 0.2) is 8.32 Å². The van der Waals surface area contributed by atoms with Crippen LogP contribution in [-0.4, -0.2) is 29.5 Å². The lowest BCUT2D eigenvalue weighted by atomic mass is 10.4. The molecule has 0 atom stereocenters. The van der Waals surface area contributed by atoms with Crippen LogP contribution in [0.4, 0.5) is 0 Å². The molecule has 0 aromatic carbocycles. The predicted octanol–water partition coefficient (Wildman–Crippen LogP) is 4.76. The van der Waals surface area contributed by atoms with Crippen molar-refractivity contribution in [3.05, 3.63) is 22.7 Å². The molecule has 0 aliphatic carbocycles. The molecule has 2 rings (SSSR count). The molecule has 2 aromatic heterocycles. The zero-order valence-corrected chi connectivity index (χ0v) is 15.2. The fourth-order valence-electron chi connectivity index (χ4n) is 2.28. The van der Waals surface area contributed by atoms with Crippen molar-refractivity contribution in [2.45, 2.75) is 45.4 Å². The molecule has 2 heterocycles. The average Bonchev–Trinajstić information content (AvgIpc) is 2.80. The minimum atomic E-state index is -1.55. The minimum Gasteiger partial charge on any atom is -0.416 e. The maximum absolute atomic E-state index is 6.12. The summed E-state index contributed by atoms with van der Waals surface area (Å²) >= 11 is 11.9. The highest BCUT2D eigenvalue weighted by atomic mass is 35.5. The van der Waals surface area contributed by atoms with Crippen LogP contribution in [0.5, 0.6) is 0 Å². The van der Waals surface area contributed by atoms with Gasteiger partial charge in [-0.2, -0.15) is 4.98 Å². The fourth-order valence-corrected chi connectivity index (χ4v) is 4.71. The van der Waals surface area contributed by atoms with Crippen LogP contribution in [0.2, 0.25) is 29.6 Å². The number of unbranched alkanes of at least 4 members (excludes halogenated alkanes) is 1. The van der Waals surface area contributed by atoms with Crippen LogP contribution in [0.25, 0.3) is 11.0 Å². The molecular weight excluding hydrogens is 325 g/mol. The van der Waals surface area contributed by atoms with Crippen LogP contribution in [0.1, 0.15) is 19.8 Å². The zero-order valence-electron chi connectivity index (χ0n) is 12.7. The summed E-state index contributed by atoms with van der Waals surface area (Å²) in [5.41, 5.74) is 0.761. The van der Waals surface area contributed by atoms with Crippen LogP contribution >= 0.6 is 23.2 Å². The van der Waals surface area contributed by atoms with Crippen LogP contribution in [0.15, 0.2) is 12.3 Å². The topological polar surface area (TPSA) is 39.9 Å². The second-order valence-electron chi connectivity index (χ2n) is 5.74. The number of hydrogen-bond acceptors (Lipinski definition) is 3. The van der Waals surface area contributed by atoms with E-state index in [1.165, 1.54) is 18.9 Å². The lowest BCUT2D eigenvalue weighted by molar-refractivity contribution is 0.289. The van der Waals surface area contributed by atoms with Crippen molar-refractivity contribution in [3.63, 3.8) is 0 Å². The first-order valence-electron chi connectivity index (χ1n) is 7.25. The van der Waals surface area contributed by atoms with E-state index in [9.17, 15) is 0 Å². The predicted molar refractivity (Wildman–Crippen MR) is 90.7 cm³/mol. The lowest BCUT2D eigenvalue weighted by Crippen LogP contribution is -2.31. The normalized spacial score (nSPS) is 12.2. The summed E-state index contributed by atoms with van der Waals surface area (Å²) in [6, 6.07) is 3.11. The molecule has 7 heteroatoms. The molecular formula is C14H21Cl2N3OSi. The van der Waals surface area contributed by atoms with Gasteiger partial charge in [-0.05, 0) is 36.8 Å². The number of nitrogens with zero attached hydrogens (tertiary/aromatic N) is 3. The Balaban J connectivity index is 2.01. The summed E-state index contributed by atoms with van der Waals surface area (Å²) in [6.45, 7) is 8.18. The molecule has 0 fully saturated rings. The van der Waals surface area contributed by atoms with E-state index >= 15 is 0 Å². The first kappa shape index (κ1) is 16.7. The quantitative estimate of drug-likeness (QED) is 0.412. The summed E-state index contributed by atoms with van der Waals surface area (Å²) in [5.74, 6) is 0. The van der Waals surface area contributed by atoms with Crippen molar-refractivity contribution in [2.24, 2.45) is 0 Å². The van der Waals surface area contributed by atoms with E-state index in [1.807, 2.05) is 16.8 Å². The molecule has 0 saturated carbocycles. The highest BCUT2D eigenvalue weighted by molar-refractivity contribution is 6.71. The maximum atomic E-state index is 6.12. The summed E-state index contributed by atoms with van der Waals surface area (Å²) in [4.78, 5) is 8.20. The van der Waals surface area contributed by atoms with E-state index < -0.39 is 8.32 Å². The summed E-state index contributed by atoms with van der Waals surface area (Å²) in [6.07, 6.45) is 4.41. The van der Waals surface area contributed by atoms with Gasteiger partial charge in [-0.15, -0.1) is 0 Å². The maximum Gasteiger partial charge on any atom is 0.225 e. The highest BCUT2D eigenvalue weighted by Gasteiger charge is 2.21. The average molecular weight is 346 g/mol. The van der Waals surface area contributed by atoms with E-state index in [2.05, 4.69) is 30.0 Å². The molecule has 0 radical (unpaired) electrons. The Morgan fingerprint density at radius 3 is 2.76 bits per heavy atom. The Morgan fingerprint density at radius 1 is 1.29 bits per heavy atom. The largest absolute Gasteiger partial charge is 0.416 e. The van der Waals surface area contributed by atoms with Gasteiger partial charge in [-0.1, -0.05) is 31.4 Å². The zero-order chi connectivity index (χ0) is 15.5. The molecule has 4 nitrogen and oxygen atoms in total. The van der Waals surface area contributed by atoms with Gasteiger partial charge in [0, 0.05) is 12.7 Å². The van der Waals surface area contributed by atoms with Crippen LogP contribution < -0.4 is 0 Å². The van der Waals surface area contributed by atoms with Gasteiger partial charge < -0.3 is 8.99 Å². The van der Waals surface area contributed by atoms with Crippen LogP contribution in [0, 0.1) is 0 Å². The Labute approximate surface area is 136 Å². The Kier molecular flexibility index (Phi) is 5.65. The van der Waals surface area contributed by atoms with Crippen molar-refractivity contribution in [1.29, 1.82) is 0 Å². The monoisotopic (exact) mass is 345 g/mol. The minimum absolute atomic E-state index is 0.172. The Bertz CT molecular complexity index is 616. The van der Waals surface area contributed by atoms with E-state index in [0.29, 0.717) is 11.8 Å². The molecule has 0 unspecified atom stereocenters. The number of halogens is 2. The van der Waals surface area contributed by atoms with E-state index in [0.717, 1.165) is 17.6 Å². The van der Waals surface area contributed by atoms with Gasteiger partial charge in [-0.3, -0.25) is 0 Å². The van der Waals surface area contributed by atoms with E-state index in [4.69, 9.17) is 27.6 Å². The highest BCUT2D eigenvalue weighted by Crippen LogP contribution is 2.23. The van der Waals surface area contributed by atoms with Crippen molar-refractivity contribution in [3.8, 4) is 0 Å². The number of aromatic nitrogens is 3. The van der Waals surface area contributed by atoms with E-state index in [-0.39, 0.29) is 5.28 Å². The van der Waals surface area contributed by atoms with Gasteiger partial charge in [-0.25, -0.2) is 4.98 Å². The number of hydrogen-bond donors (Lipinski definition) is 0. The number of fused-ring (bicyclic) bond motifs is 1. The Hall–Kier alpha value is -0.623. The molecule has 0 saturated heterocycles. The summed E-state index contributed by atoms with van der Waals surface area (Å²) in [7, 11) is -1.55. The van der Waals surface area contributed by atoms with Crippen LogP contribution in [0.3, 0.4) is 0 Å². The standard InChI is InChI=1S/C14H21Cl2N3OSi/c1-4-5-10-21(2,3)20-9-8-19-7-6-11-12(15)17-14(16)18-13(11)19/h6-7H,4-5,8-10H2,1-3H3. The van der Waals surface area contributed by atoms with Crippen molar-refractivity contribution < 1.29 is 4.43 Å². The molecule has 116 valence electrons. The van der Waals surface area contributed by atoms with Gasteiger partial charge in [0.1, 0.15) is 10.8 Å².